The lowest BCUT2D eigenvalue weighted by Crippen LogP contribution is -2.50. The standard InChI is InChI=1S/C23H28N4O7S/c1-24-17-7-6-16(14-18(17)25(2)23(24)29)35(30,31)27-10-8-26(9-11-27)22(28)15-12-19(32-3)21(34-5)20(13-15)33-4/h6-7,12-14H,8-11H2,1-5H3. The van der Waals surface area contributed by atoms with Crippen molar-refractivity contribution < 1.29 is 27.4 Å². The van der Waals surface area contributed by atoms with E-state index in [4.69, 9.17) is 14.2 Å². The second-order valence-electron chi connectivity index (χ2n) is 8.16. The number of imidazole rings is 1. The van der Waals surface area contributed by atoms with E-state index in [-0.39, 0.29) is 42.7 Å². The monoisotopic (exact) mass is 504 g/mol. The lowest BCUT2D eigenvalue weighted by molar-refractivity contribution is 0.0697. The number of hydrogen-bond acceptors (Lipinski definition) is 7. The van der Waals surface area contributed by atoms with E-state index in [2.05, 4.69) is 0 Å². The van der Waals surface area contributed by atoms with E-state index < -0.39 is 10.0 Å². The Labute approximate surface area is 203 Å². The summed E-state index contributed by atoms with van der Waals surface area (Å²) in [4.78, 5) is 27.0. The minimum Gasteiger partial charge on any atom is -0.493 e. The molecule has 1 amide bonds. The van der Waals surface area contributed by atoms with Crippen LogP contribution in [0.25, 0.3) is 11.0 Å². The first-order valence-electron chi connectivity index (χ1n) is 10.9. The van der Waals surface area contributed by atoms with Crippen LogP contribution >= 0.6 is 0 Å². The average molecular weight is 505 g/mol. The fourth-order valence-electron chi connectivity index (χ4n) is 4.31. The summed E-state index contributed by atoms with van der Waals surface area (Å²) < 4.78 is 46.8. The normalized spacial score (nSPS) is 14.8. The Balaban J connectivity index is 1.53. The third kappa shape index (κ3) is 4.12. The highest BCUT2D eigenvalue weighted by Gasteiger charge is 2.31. The molecule has 0 saturated carbocycles. The van der Waals surface area contributed by atoms with Crippen LogP contribution < -0.4 is 19.9 Å². The molecule has 12 heteroatoms. The van der Waals surface area contributed by atoms with Gasteiger partial charge in [0.2, 0.25) is 15.8 Å². The number of nitrogens with zero attached hydrogens (tertiary/aromatic N) is 4. The second-order valence-corrected chi connectivity index (χ2v) is 10.1. The van der Waals surface area contributed by atoms with E-state index >= 15 is 0 Å². The van der Waals surface area contributed by atoms with Gasteiger partial charge in [0.1, 0.15) is 0 Å². The van der Waals surface area contributed by atoms with Gasteiger partial charge in [-0.2, -0.15) is 4.31 Å². The van der Waals surface area contributed by atoms with Gasteiger partial charge in [-0.1, -0.05) is 0 Å². The van der Waals surface area contributed by atoms with E-state index in [9.17, 15) is 18.0 Å². The fraction of sp³-hybridized carbons (Fsp3) is 0.391. The summed E-state index contributed by atoms with van der Waals surface area (Å²) in [6, 6.07) is 7.80. The number of fused-ring (bicyclic) bond motifs is 1. The van der Waals surface area contributed by atoms with Gasteiger partial charge in [-0.3, -0.25) is 13.9 Å². The van der Waals surface area contributed by atoms with Crippen LogP contribution in [-0.2, 0) is 24.1 Å². The maximum Gasteiger partial charge on any atom is 0.328 e. The molecule has 3 aromatic rings. The van der Waals surface area contributed by atoms with Crippen molar-refractivity contribution in [2.45, 2.75) is 4.90 Å². The van der Waals surface area contributed by atoms with Crippen LogP contribution in [0.3, 0.4) is 0 Å². The summed E-state index contributed by atoms with van der Waals surface area (Å²) in [6.07, 6.45) is 0. The number of carbonyl (C=O) groups excluding carboxylic acids is 1. The molecule has 0 radical (unpaired) electrons. The third-order valence-corrected chi connectivity index (χ3v) is 8.21. The van der Waals surface area contributed by atoms with Gasteiger partial charge in [0.05, 0.1) is 37.3 Å². The second kappa shape index (κ2) is 9.27. The number of aryl methyl sites for hydroxylation is 2. The zero-order chi connectivity index (χ0) is 25.5. The van der Waals surface area contributed by atoms with E-state index in [1.165, 1.54) is 46.9 Å². The number of hydrogen-bond donors (Lipinski definition) is 0. The SMILES string of the molecule is COc1cc(C(=O)N2CCN(S(=O)(=O)c3ccc4c(c3)n(C)c(=O)n4C)CC2)cc(OC)c1OC. The summed E-state index contributed by atoms with van der Waals surface area (Å²) in [5, 5.41) is 0. The van der Waals surface area contributed by atoms with Crippen molar-refractivity contribution in [3.05, 3.63) is 46.4 Å². The molecule has 1 aromatic heterocycles. The van der Waals surface area contributed by atoms with Crippen LogP contribution in [0.1, 0.15) is 10.4 Å². The molecule has 0 N–H and O–H groups in total. The summed E-state index contributed by atoms with van der Waals surface area (Å²) >= 11 is 0. The van der Waals surface area contributed by atoms with Crippen LogP contribution in [0.2, 0.25) is 0 Å². The van der Waals surface area contributed by atoms with Crippen molar-refractivity contribution in [2.75, 3.05) is 47.5 Å². The van der Waals surface area contributed by atoms with Gasteiger partial charge in [-0.25, -0.2) is 13.2 Å². The Morgan fingerprint density at radius 1 is 0.829 bits per heavy atom. The van der Waals surface area contributed by atoms with E-state index in [0.717, 1.165) is 0 Å². The van der Waals surface area contributed by atoms with Crippen molar-refractivity contribution in [2.24, 2.45) is 14.1 Å². The van der Waals surface area contributed by atoms with Gasteiger partial charge in [0, 0.05) is 45.8 Å². The van der Waals surface area contributed by atoms with Crippen molar-refractivity contribution in [3.63, 3.8) is 0 Å². The van der Waals surface area contributed by atoms with Crippen LogP contribution in [-0.4, -0.2) is 80.2 Å². The maximum atomic E-state index is 13.3. The number of carbonyl (C=O) groups is 1. The molecule has 4 rings (SSSR count). The molecule has 1 aliphatic heterocycles. The molecule has 0 bridgehead atoms. The topological polar surface area (TPSA) is 112 Å². The molecule has 1 aliphatic rings. The largest absolute Gasteiger partial charge is 0.493 e. The minimum absolute atomic E-state index is 0.107. The van der Waals surface area contributed by atoms with Crippen LogP contribution in [0.4, 0.5) is 0 Å². The molecule has 1 fully saturated rings. The van der Waals surface area contributed by atoms with Gasteiger partial charge in [0.25, 0.3) is 5.91 Å². The van der Waals surface area contributed by atoms with Gasteiger partial charge in [-0.05, 0) is 30.3 Å². The first kappa shape index (κ1) is 24.6. The molecule has 35 heavy (non-hydrogen) atoms. The Morgan fingerprint density at radius 3 is 1.94 bits per heavy atom. The molecular formula is C23H28N4O7S. The average Bonchev–Trinajstić information content (AvgIpc) is 3.10. The van der Waals surface area contributed by atoms with Crippen LogP contribution in [0.5, 0.6) is 17.2 Å². The summed E-state index contributed by atoms with van der Waals surface area (Å²) in [6.45, 7) is 0.732. The zero-order valence-corrected chi connectivity index (χ0v) is 21.1. The molecule has 0 aliphatic carbocycles. The quantitative estimate of drug-likeness (QED) is 0.493. The van der Waals surface area contributed by atoms with Crippen molar-refractivity contribution in [1.82, 2.24) is 18.3 Å². The van der Waals surface area contributed by atoms with E-state index in [1.54, 1.807) is 37.2 Å². The van der Waals surface area contributed by atoms with Crippen molar-refractivity contribution in [1.29, 1.82) is 0 Å². The first-order chi connectivity index (χ1) is 16.6. The smallest absolute Gasteiger partial charge is 0.328 e. The highest BCUT2D eigenvalue weighted by molar-refractivity contribution is 7.89. The predicted molar refractivity (Wildman–Crippen MR) is 129 cm³/mol. The van der Waals surface area contributed by atoms with E-state index in [0.29, 0.717) is 33.8 Å². The Bertz CT molecular complexity index is 1430. The lowest BCUT2D eigenvalue weighted by atomic mass is 10.1. The van der Waals surface area contributed by atoms with E-state index in [1.807, 2.05) is 0 Å². The number of piperazine rings is 1. The Kier molecular flexibility index (Phi) is 6.52. The van der Waals surface area contributed by atoms with Crippen molar-refractivity contribution in [3.8, 4) is 17.2 Å². The molecule has 11 nitrogen and oxygen atoms in total. The van der Waals surface area contributed by atoms with Gasteiger partial charge in [-0.15, -0.1) is 0 Å². The van der Waals surface area contributed by atoms with Crippen LogP contribution in [0.15, 0.2) is 40.0 Å². The number of sulfonamides is 1. The highest BCUT2D eigenvalue weighted by atomic mass is 32.2. The summed E-state index contributed by atoms with van der Waals surface area (Å²) in [7, 11) is 3.87. The molecule has 0 spiro atoms. The number of benzene rings is 2. The molecule has 0 unspecified atom stereocenters. The molecule has 2 heterocycles. The summed E-state index contributed by atoms with van der Waals surface area (Å²) in [5.74, 6) is 0.849. The minimum atomic E-state index is -3.80. The Morgan fingerprint density at radius 2 is 1.40 bits per heavy atom. The van der Waals surface area contributed by atoms with Gasteiger partial charge < -0.3 is 19.1 Å². The number of amides is 1. The number of rotatable bonds is 6. The highest BCUT2D eigenvalue weighted by Crippen LogP contribution is 2.38. The number of ether oxygens (including phenoxy) is 3. The molecular weight excluding hydrogens is 476 g/mol. The molecule has 188 valence electrons. The third-order valence-electron chi connectivity index (χ3n) is 6.32. The molecule has 2 aromatic carbocycles. The zero-order valence-electron chi connectivity index (χ0n) is 20.3. The van der Waals surface area contributed by atoms with Crippen LogP contribution in [0, 0.1) is 0 Å². The predicted octanol–water partition coefficient (Wildman–Crippen LogP) is 1.05. The molecule has 1 saturated heterocycles. The lowest BCUT2D eigenvalue weighted by Gasteiger charge is -2.34. The van der Waals surface area contributed by atoms with Crippen molar-refractivity contribution >= 4 is 27.0 Å². The first-order valence-corrected chi connectivity index (χ1v) is 12.3. The fourth-order valence-corrected chi connectivity index (χ4v) is 5.76. The molecule has 0 atom stereocenters. The van der Waals surface area contributed by atoms with Gasteiger partial charge in [0.15, 0.2) is 11.5 Å². The number of methoxy groups -OCH3 is 3. The summed E-state index contributed by atoms with van der Waals surface area (Å²) in [5.41, 5.74) is 1.31. The van der Waals surface area contributed by atoms with Gasteiger partial charge >= 0.3 is 5.69 Å². The Hall–Kier alpha value is -3.51. The maximum absolute atomic E-state index is 13.3. The number of aromatic nitrogens is 2.